The first-order valence-electron chi connectivity index (χ1n) is 16.3. The minimum atomic E-state index is -4.15. The van der Waals surface area contributed by atoms with Crippen molar-refractivity contribution in [3.8, 4) is 0 Å². The molecule has 0 radical (unpaired) electrons. The molecule has 0 saturated heterocycles. The normalized spacial score (nSPS) is 20.8. The minimum Gasteiger partial charge on any atom is -0.343 e. The van der Waals surface area contributed by atoms with E-state index in [1.165, 1.54) is 0 Å². The summed E-state index contributed by atoms with van der Waals surface area (Å²) in [4.78, 5) is 1.97. The Morgan fingerprint density at radius 2 is 1.62 bits per heavy atom. The molecule has 0 atom stereocenters. The topological polar surface area (TPSA) is 116 Å². The highest BCUT2D eigenvalue weighted by Crippen LogP contribution is 2.48. The molecule has 0 fully saturated rings. The lowest BCUT2D eigenvalue weighted by atomic mass is 9.81. The van der Waals surface area contributed by atoms with E-state index in [1.807, 2.05) is 53.5 Å². The molecule has 3 aliphatic rings. The number of anilines is 1. The van der Waals surface area contributed by atoms with Gasteiger partial charge in [-0.2, -0.15) is 31.2 Å². The van der Waals surface area contributed by atoms with Crippen LogP contribution in [-0.2, 0) is 35.4 Å². The lowest BCUT2D eigenvalue weighted by Crippen LogP contribution is -2.30. The molecule has 0 unspecified atom stereocenters. The SMILES string of the molecule is CCNOS(=O)(=O)CC[N+]1=C(/C=C/C2=C(Cl)C(=C/C=C3/N(CCS(=O)(=O)O)c4ccccc4C3(C)C)/CCC2)C(C)(C)c2ccccc21. The van der Waals surface area contributed by atoms with Gasteiger partial charge in [0.25, 0.3) is 20.2 Å². The van der Waals surface area contributed by atoms with E-state index in [0.717, 1.165) is 64.3 Å². The molecular weight excluding hydrogens is 670 g/mol. The van der Waals surface area contributed by atoms with Gasteiger partial charge in [-0.1, -0.05) is 80.9 Å². The number of halogens is 1. The third-order valence-corrected chi connectivity index (χ3v) is 11.6. The van der Waals surface area contributed by atoms with Gasteiger partial charge in [-0.15, -0.1) is 0 Å². The Bertz CT molecular complexity index is 1960. The number of hydroxylamine groups is 1. The van der Waals surface area contributed by atoms with Crippen LogP contribution in [0, 0.1) is 0 Å². The van der Waals surface area contributed by atoms with Crippen molar-refractivity contribution in [2.75, 3.05) is 36.0 Å². The van der Waals surface area contributed by atoms with Crippen molar-refractivity contribution in [2.24, 2.45) is 0 Å². The number of nitrogens with one attached hydrogen (secondary N) is 1. The van der Waals surface area contributed by atoms with Gasteiger partial charge in [-0.3, -0.25) is 4.55 Å². The molecule has 2 N–H and O–H groups in total. The third kappa shape index (κ3) is 7.56. The number of hydrogen-bond donors (Lipinski definition) is 2. The largest absolute Gasteiger partial charge is 0.343 e. The standard InChI is InChI=1S/C36H44ClN3O6S2/c1-6-38-46-48(44,45)25-23-40-31-17-10-8-15-29(31)36(4,5)33(40)21-19-27-13-11-12-26(34(27)37)18-20-32-35(2,3)28-14-7-9-16-30(28)39(32)22-24-47(41,42)43/h7-10,14-21,38H,6,11-13,22-25H2,1-5H3/p+1. The average molecular weight is 715 g/mol. The van der Waals surface area contributed by atoms with Crippen molar-refractivity contribution < 1.29 is 30.2 Å². The van der Waals surface area contributed by atoms with Crippen LogP contribution < -0.4 is 10.4 Å². The molecule has 2 aliphatic heterocycles. The molecule has 2 aromatic carbocycles. The van der Waals surface area contributed by atoms with Crippen LogP contribution >= 0.6 is 11.6 Å². The summed E-state index contributed by atoms with van der Waals surface area (Å²) in [6.45, 7) is 11.0. The van der Waals surface area contributed by atoms with Gasteiger partial charge in [-0.25, -0.2) is 0 Å². The van der Waals surface area contributed by atoms with Gasteiger partial charge in [0.15, 0.2) is 12.3 Å². The first-order valence-corrected chi connectivity index (χ1v) is 19.8. The second-order valence-electron chi connectivity index (χ2n) is 13.4. The van der Waals surface area contributed by atoms with Crippen LogP contribution in [-0.4, -0.2) is 62.8 Å². The molecule has 258 valence electrons. The smallest absolute Gasteiger partial charge is 0.289 e. The Morgan fingerprint density at radius 3 is 2.33 bits per heavy atom. The Morgan fingerprint density at radius 1 is 0.938 bits per heavy atom. The summed E-state index contributed by atoms with van der Waals surface area (Å²) in [6, 6.07) is 16.0. The van der Waals surface area contributed by atoms with Crippen molar-refractivity contribution >= 4 is 48.9 Å². The summed E-state index contributed by atoms with van der Waals surface area (Å²) in [5.41, 5.74) is 9.64. The Kier molecular flexibility index (Phi) is 10.6. The van der Waals surface area contributed by atoms with Crippen LogP contribution in [0.5, 0.6) is 0 Å². The van der Waals surface area contributed by atoms with E-state index >= 15 is 0 Å². The second kappa shape index (κ2) is 14.0. The number of benzene rings is 2. The van der Waals surface area contributed by atoms with Gasteiger partial charge in [0.1, 0.15) is 5.75 Å². The maximum Gasteiger partial charge on any atom is 0.289 e. The molecule has 9 nitrogen and oxygen atoms in total. The quantitative estimate of drug-likeness (QED) is 0.143. The molecule has 0 bridgehead atoms. The van der Waals surface area contributed by atoms with Crippen molar-refractivity contribution in [3.63, 3.8) is 0 Å². The number of rotatable bonds is 12. The number of fused-ring (bicyclic) bond motifs is 2. The molecule has 0 saturated carbocycles. The van der Waals surface area contributed by atoms with Crippen molar-refractivity contribution in [3.05, 3.63) is 106 Å². The van der Waals surface area contributed by atoms with Gasteiger partial charge in [0, 0.05) is 52.6 Å². The third-order valence-electron chi connectivity index (χ3n) is 9.41. The van der Waals surface area contributed by atoms with E-state index in [9.17, 15) is 21.4 Å². The van der Waals surface area contributed by atoms with Crippen LogP contribution in [0.1, 0.15) is 65.0 Å². The van der Waals surface area contributed by atoms with E-state index in [1.54, 1.807) is 6.92 Å². The summed E-state index contributed by atoms with van der Waals surface area (Å²) in [5, 5.41) is 0.675. The molecule has 1 aliphatic carbocycles. The van der Waals surface area contributed by atoms with Gasteiger partial charge >= 0.3 is 0 Å². The zero-order valence-electron chi connectivity index (χ0n) is 28.2. The van der Waals surface area contributed by atoms with Crippen molar-refractivity contribution in [2.45, 2.75) is 64.7 Å². The predicted molar refractivity (Wildman–Crippen MR) is 193 cm³/mol. The van der Waals surface area contributed by atoms with E-state index < -0.39 is 25.7 Å². The summed E-state index contributed by atoms with van der Waals surface area (Å²) >= 11 is 7.08. The fraction of sp³-hybridized carbons (Fsp3) is 0.417. The van der Waals surface area contributed by atoms with E-state index in [-0.39, 0.29) is 30.0 Å². The number of para-hydroxylation sites is 2. The summed E-state index contributed by atoms with van der Waals surface area (Å²) in [7, 11) is -7.93. The lowest BCUT2D eigenvalue weighted by molar-refractivity contribution is -0.432. The highest BCUT2D eigenvalue weighted by atomic mass is 35.5. The molecule has 0 spiro atoms. The van der Waals surface area contributed by atoms with Gasteiger partial charge < -0.3 is 4.90 Å². The molecule has 2 heterocycles. The monoisotopic (exact) mass is 714 g/mol. The predicted octanol–water partition coefficient (Wildman–Crippen LogP) is 6.66. The first-order chi connectivity index (χ1) is 22.6. The zero-order chi connectivity index (χ0) is 34.9. The molecular formula is C36H45ClN3O6S2+. The Hall–Kier alpha value is -3.06. The molecule has 12 heteroatoms. The van der Waals surface area contributed by atoms with Crippen LogP contribution in [0.4, 0.5) is 11.4 Å². The molecule has 2 aromatic rings. The molecule has 48 heavy (non-hydrogen) atoms. The highest BCUT2D eigenvalue weighted by molar-refractivity contribution is 7.86. The van der Waals surface area contributed by atoms with E-state index in [2.05, 4.69) is 62.0 Å². The lowest BCUT2D eigenvalue weighted by Gasteiger charge is -2.27. The van der Waals surface area contributed by atoms with Crippen molar-refractivity contribution in [1.29, 1.82) is 0 Å². The number of hydrogen-bond acceptors (Lipinski definition) is 7. The van der Waals surface area contributed by atoms with Gasteiger partial charge in [0.05, 0.1) is 11.2 Å². The minimum absolute atomic E-state index is 0.127. The van der Waals surface area contributed by atoms with Crippen LogP contribution in [0.3, 0.4) is 0 Å². The average Bonchev–Trinajstić information content (AvgIpc) is 3.38. The fourth-order valence-electron chi connectivity index (χ4n) is 6.93. The summed E-state index contributed by atoms with van der Waals surface area (Å²) in [5.74, 6) is -0.570. The maximum atomic E-state index is 12.6. The Labute approximate surface area is 290 Å². The van der Waals surface area contributed by atoms with Gasteiger partial charge in [-0.05, 0) is 62.0 Å². The summed E-state index contributed by atoms with van der Waals surface area (Å²) < 4.78 is 65.0. The van der Waals surface area contributed by atoms with Gasteiger partial charge in [0.2, 0.25) is 5.69 Å². The van der Waals surface area contributed by atoms with E-state index in [4.69, 9.17) is 15.9 Å². The second-order valence-corrected chi connectivity index (χ2v) is 17.0. The van der Waals surface area contributed by atoms with E-state index in [0.29, 0.717) is 11.6 Å². The summed E-state index contributed by atoms with van der Waals surface area (Å²) in [6.07, 6.45) is 10.7. The maximum absolute atomic E-state index is 12.6. The fourth-order valence-corrected chi connectivity index (χ4v) is 8.45. The molecule has 5 rings (SSSR count). The van der Waals surface area contributed by atoms with Crippen LogP contribution in [0.15, 0.2) is 94.7 Å². The Balaban J connectivity index is 1.49. The van der Waals surface area contributed by atoms with Crippen LogP contribution in [0.2, 0.25) is 0 Å². The first kappa shape index (κ1) is 36.2. The van der Waals surface area contributed by atoms with Crippen LogP contribution in [0.25, 0.3) is 0 Å². The number of nitrogens with zero attached hydrogens (tertiary/aromatic N) is 2. The van der Waals surface area contributed by atoms with Crippen molar-refractivity contribution in [1.82, 2.24) is 5.48 Å². The molecule has 0 aromatic heterocycles. The number of allylic oxidation sites excluding steroid dienone is 8. The highest BCUT2D eigenvalue weighted by Gasteiger charge is 2.44. The molecule has 0 amide bonds. The zero-order valence-corrected chi connectivity index (χ0v) is 30.6.